The van der Waals surface area contributed by atoms with Crippen LogP contribution in [0.3, 0.4) is 0 Å². The van der Waals surface area contributed by atoms with Gasteiger partial charge in [0.15, 0.2) is 11.5 Å². The van der Waals surface area contributed by atoms with Crippen molar-refractivity contribution in [3.05, 3.63) is 70.0 Å². The molecule has 6 heteroatoms. The number of likely N-dealkylation sites (tertiary alicyclic amines) is 1. The van der Waals surface area contributed by atoms with Gasteiger partial charge in [-0.15, -0.1) is 0 Å². The quantitative estimate of drug-likeness (QED) is 0.745. The molecule has 1 aromatic heterocycles. The van der Waals surface area contributed by atoms with Crippen LogP contribution >= 0.6 is 0 Å². The number of fused-ring (bicyclic) bond motifs is 2. The fraction of sp³-hybridized carbons (Fsp3) is 0.273. The van der Waals surface area contributed by atoms with Gasteiger partial charge in [-0.3, -0.25) is 9.59 Å². The molecule has 0 aliphatic carbocycles. The molecular formula is C22H20N2O4. The zero-order valence-corrected chi connectivity index (χ0v) is 15.3. The zero-order chi connectivity index (χ0) is 19.1. The van der Waals surface area contributed by atoms with Gasteiger partial charge in [0.1, 0.15) is 13.2 Å². The second-order valence-corrected chi connectivity index (χ2v) is 7.15. The maximum Gasteiger partial charge on any atom is 0.255 e. The van der Waals surface area contributed by atoms with Gasteiger partial charge in [-0.25, -0.2) is 0 Å². The molecule has 1 saturated heterocycles. The summed E-state index contributed by atoms with van der Waals surface area (Å²) in [6.07, 6.45) is 1.80. The van der Waals surface area contributed by atoms with E-state index in [9.17, 15) is 9.59 Å². The first-order valence-corrected chi connectivity index (χ1v) is 9.53. The minimum absolute atomic E-state index is 0.0404. The number of ether oxygens (including phenoxy) is 2. The van der Waals surface area contributed by atoms with Crippen LogP contribution in [-0.4, -0.2) is 35.5 Å². The highest BCUT2D eigenvalue weighted by atomic mass is 16.6. The molecule has 6 nitrogen and oxygen atoms in total. The summed E-state index contributed by atoms with van der Waals surface area (Å²) in [6.45, 7) is 1.75. The van der Waals surface area contributed by atoms with E-state index in [1.807, 2.05) is 47.4 Å². The fourth-order valence-electron chi connectivity index (χ4n) is 4.16. The number of aromatic nitrogens is 1. The maximum atomic E-state index is 13.4. The number of para-hydroxylation sites is 1. The highest BCUT2D eigenvalue weighted by Crippen LogP contribution is 2.38. The molecule has 0 bridgehead atoms. The number of hydrogen-bond donors (Lipinski definition) is 1. The van der Waals surface area contributed by atoms with Crippen molar-refractivity contribution in [3.63, 3.8) is 0 Å². The molecule has 28 heavy (non-hydrogen) atoms. The molecule has 5 rings (SSSR count). The number of aromatic amines is 1. The Bertz CT molecular complexity index is 1120. The first-order chi connectivity index (χ1) is 13.7. The minimum atomic E-state index is -0.267. The summed E-state index contributed by atoms with van der Waals surface area (Å²) in [7, 11) is 0. The summed E-state index contributed by atoms with van der Waals surface area (Å²) in [5, 5.41) is 0.764. The lowest BCUT2D eigenvalue weighted by molar-refractivity contribution is 0.0737. The average molecular weight is 376 g/mol. The Hall–Kier alpha value is -3.28. The number of carbonyl (C=O) groups is 1. The molecule has 3 heterocycles. The number of pyridine rings is 1. The Kier molecular flexibility index (Phi) is 4.04. The van der Waals surface area contributed by atoms with Gasteiger partial charge in [-0.05, 0) is 36.6 Å². The van der Waals surface area contributed by atoms with Crippen LogP contribution in [-0.2, 0) is 0 Å². The van der Waals surface area contributed by atoms with Gasteiger partial charge >= 0.3 is 0 Å². The number of carbonyl (C=O) groups excluding carboxylic acids is 1. The van der Waals surface area contributed by atoms with E-state index in [-0.39, 0.29) is 17.5 Å². The predicted molar refractivity (Wildman–Crippen MR) is 105 cm³/mol. The van der Waals surface area contributed by atoms with Crippen molar-refractivity contribution in [3.8, 4) is 11.5 Å². The summed E-state index contributed by atoms with van der Waals surface area (Å²) in [5.74, 6) is 1.36. The minimum Gasteiger partial charge on any atom is -0.486 e. The summed E-state index contributed by atoms with van der Waals surface area (Å²) < 4.78 is 11.3. The van der Waals surface area contributed by atoms with Gasteiger partial charge in [0.2, 0.25) is 5.56 Å². The lowest BCUT2D eigenvalue weighted by Crippen LogP contribution is -2.31. The number of nitrogens with zero attached hydrogens (tertiary/aromatic N) is 1. The topological polar surface area (TPSA) is 71.6 Å². The molecule has 142 valence electrons. The third kappa shape index (κ3) is 2.81. The van der Waals surface area contributed by atoms with Crippen LogP contribution in [0.2, 0.25) is 0 Å². The normalized spacial score (nSPS) is 18.4. The van der Waals surface area contributed by atoms with Gasteiger partial charge in [0.05, 0.1) is 11.6 Å². The molecule has 2 aliphatic rings. The van der Waals surface area contributed by atoms with Gasteiger partial charge in [-0.1, -0.05) is 24.3 Å². The lowest BCUT2D eigenvalue weighted by atomic mass is 10.0. The highest BCUT2D eigenvalue weighted by molar-refractivity contribution is 6.06. The number of nitrogens with one attached hydrogen (secondary N) is 1. The molecule has 0 spiro atoms. The Morgan fingerprint density at radius 3 is 2.75 bits per heavy atom. The summed E-state index contributed by atoms with van der Waals surface area (Å²) in [6, 6.07) is 14.7. The first kappa shape index (κ1) is 16.9. The van der Waals surface area contributed by atoms with Crippen molar-refractivity contribution in [2.24, 2.45) is 0 Å². The van der Waals surface area contributed by atoms with E-state index >= 15 is 0 Å². The van der Waals surface area contributed by atoms with Gasteiger partial charge in [0, 0.05) is 23.5 Å². The van der Waals surface area contributed by atoms with Gasteiger partial charge < -0.3 is 19.4 Å². The standard InChI is InChI=1S/C22H20N2O4/c25-21-13-16(15-4-1-2-5-17(15)23-21)22(26)24-9-3-6-18(24)14-7-8-19-20(12-14)28-11-10-27-19/h1-2,4-5,7-8,12-13,18H,3,6,9-11H2,(H,23,25). The van der Waals surface area contributed by atoms with Gasteiger partial charge in [-0.2, -0.15) is 0 Å². The molecule has 3 aromatic rings. The molecule has 1 amide bonds. The van der Waals surface area contributed by atoms with Crippen molar-refractivity contribution < 1.29 is 14.3 Å². The zero-order valence-electron chi connectivity index (χ0n) is 15.3. The number of H-pyrrole nitrogens is 1. The molecular weight excluding hydrogens is 356 g/mol. The second kappa shape index (κ2) is 6.71. The Morgan fingerprint density at radius 1 is 1.04 bits per heavy atom. The molecule has 1 unspecified atom stereocenters. The van der Waals surface area contributed by atoms with E-state index < -0.39 is 0 Å². The van der Waals surface area contributed by atoms with E-state index in [2.05, 4.69) is 4.98 Å². The second-order valence-electron chi connectivity index (χ2n) is 7.15. The van der Waals surface area contributed by atoms with Crippen LogP contribution < -0.4 is 15.0 Å². The third-order valence-corrected chi connectivity index (χ3v) is 5.45. The predicted octanol–water partition coefficient (Wildman–Crippen LogP) is 3.28. The van der Waals surface area contributed by atoms with E-state index in [1.54, 1.807) is 0 Å². The SMILES string of the molecule is O=C(c1cc(=O)[nH]c2ccccc12)N1CCCC1c1ccc2c(c1)OCCO2. The maximum absolute atomic E-state index is 13.4. The summed E-state index contributed by atoms with van der Waals surface area (Å²) in [4.78, 5) is 30.1. The van der Waals surface area contributed by atoms with Crippen LogP contribution in [0.25, 0.3) is 10.9 Å². The Balaban J connectivity index is 1.53. The monoisotopic (exact) mass is 376 g/mol. The largest absolute Gasteiger partial charge is 0.486 e. The number of amides is 1. The van der Waals surface area contributed by atoms with Crippen molar-refractivity contribution in [2.45, 2.75) is 18.9 Å². The Morgan fingerprint density at radius 2 is 1.86 bits per heavy atom. The molecule has 2 aliphatic heterocycles. The van der Waals surface area contributed by atoms with Crippen molar-refractivity contribution >= 4 is 16.8 Å². The average Bonchev–Trinajstić information content (AvgIpc) is 3.22. The highest BCUT2D eigenvalue weighted by Gasteiger charge is 2.32. The van der Waals surface area contributed by atoms with Crippen molar-refractivity contribution in [2.75, 3.05) is 19.8 Å². The van der Waals surface area contributed by atoms with Crippen LogP contribution in [0.4, 0.5) is 0 Å². The van der Waals surface area contributed by atoms with E-state index in [0.29, 0.717) is 30.8 Å². The van der Waals surface area contributed by atoms with Gasteiger partial charge in [0.25, 0.3) is 5.91 Å². The molecule has 1 fully saturated rings. The molecule has 2 aromatic carbocycles. The number of rotatable bonds is 2. The molecule has 1 N–H and O–H groups in total. The number of benzene rings is 2. The molecule has 0 saturated carbocycles. The third-order valence-electron chi connectivity index (χ3n) is 5.45. The van der Waals surface area contributed by atoms with Crippen LogP contribution in [0.1, 0.15) is 34.8 Å². The lowest BCUT2D eigenvalue weighted by Gasteiger charge is -2.27. The van der Waals surface area contributed by atoms with E-state index in [4.69, 9.17) is 9.47 Å². The molecule has 1 atom stereocenters. The summed E-state index contributed by atoms with van der Waals surface area (Å²) >= 11 is 0. The van der Waals surface area contributed by atoms with E-state index in [0.717, 1.165) is 35.3 Å². The smallest absolute Gasteiger partial charge is 0.255 e. The van der Waals surface area contributed by atoms with E-state index in [1.165, 1.54) is 6.07 Å². The van der Waals surface area contributed by atoms with Crippen molar-refractivity contribution in [1.82, 2.24) is 9.88 Å². The summed E-state index contributed by atoms with van der Waals surface area (Å²) in [5.41, 5.74) is 1.89. The Labute approximate surface area is 161 Å². The first-order valence-electron chi connectivity index (χ1n) is 9.53. The van der Waals surface area contributed by atoms with Crippen LogP contribution in [0.5, 0.6) is 11.5 Å². The molecule has 0 radical (unpaired) electrons. The number of hydrogen-bond acceptors (Lipinski definition) is 4. The van der Waals surface area contributed by atoms with Crippen LogP contribution in [0.15, 0.2) is 53.3 Å². The van der Waals surface area contributed by atoms with Crippen molar-refractivity contribution in [1.29, 1.82) is 0 Å². The van der Waals surface area contributed by atoms with Crippen LogP contribution in [0, 0.1) is 0 Å². The fourth-order valence-corrected chi connectivity index (χ4v) is 4.16.